The highest BCUT2D eigenvalue weighted by atomic mass is 16.6. The largest absolute Gasteiger partial charge is 0.450 e. The van der Waals surface area contributed by atoms with E-state index < -0.39 is 41.6 Å². The van der Waals surface area contributed by atoms with Crippen LogP contribution < -0.4 is 10.6 Å². The third-order valence-corrected chi connectivity index (χ3v) is 2.87. The first-order valence-corrected chi connectivity index (χ1v) is 7.51. The molecule has 1 fully saturated rings. The second kappa shape index (κ2) is 7.43. The third-order valence-electron chi connectivity index (χ3n) is 2.87. The van der Waals surface area contributed by atoms with Crippen molar-refractivity contribution in [3.05, 3.63) is 0 Å². The molecule has 0 spiro atoms. The Bertz CT molecular complexity index is 495. The molecule has 130 valence electrons. The number of carbonyl (C=O) groups excluding carboxylic acids is 4. The molecule has 0 aromatic rings. The van der Waals surface area contributed by atoms with Crippen molar-refractivity contribution in [3.63, 3.8) is 0 Å². The van der Waals surface area contributed by atoms with Gasteiger partial charge in [0.25, 0.3) is 5.91 Å². The predicted molar refractivity (Wildman–Crippen MR) is 80.3 cm³/mol. The van der Waals surface area contributed by atoms with Crippen molar-refractivity contribution in [2.45, 2.75) is 65.2 Å². The normalized spacial score (nSPS) is 19.3. The van der Waals surface area contributed by atoms with Crippen LogP contribution >= 0.6 is 0 Å². The van der Waals surface area contributed by atoms with Gasteiger partial charge in [-0.25, -0.2) is 9.59 Å². The van der Waals surface area contributed by atoms with Gasteiger partial charge in [0.05, 0.1) is 6.42 Å². The van der Waals surface area contributed by atoms with Crippen molar-refractivity contribution in [3.8, 4) is 0 Å². The summed E-state index contributed by atoms with van der Waals surface area (Å²) >= 11 is 0. The second-order valence-corrected chi connectivity index (χ2v) is 6.87. The molecule has 0 saturated carbocycles. The molecule has 0 bridgehead atoms. The maximum absolute atomic E-state index is 12.2. The molecule has 8 heteroatoms. The zero-order valence-electron chi connectivity index (χ0n) is 14.1. The quantitative estimate of drug-likeness (QED) is 0.572. The average molecular weight is 328 g/mol. The lowest BCUT2D eigenvalue weighted by atomic mass is 10.0. The van der Waals surface area contributed by atoms with Crippen molar-refractivity contribution < 1.29 is 28.7 Å². The molecule has 0 aromatic heterocycles. The van der Waals surface area contributed by atoms with E-state index in [-0.39, 0.29) is 12.3 Å². The zero-order chi connectivity index (χ0) is 17.8. The van der Waals surface area contributed by atoms with E-state index in [1.165, 1.54) is 0 Å². The van der Waals surface area contributed by atoms with Gasteiger partial charge in [0, 0.05) is 0 Å². The highest BCUT2D eigenvalue weighted by molar-refractivity contribution is 6.05. The number of esters is 1. The van der Waals surface area contributed by atoms with E-state index in [0.29, 0.717) is 6.42 Å². The molecular formula is C15H24N2O6. The van der Waals surface area contributed by atoms with E-state index in [4.69, 9.17) is 9.47 Å². The first-order valence-electron chi connectivity index (χ1n) is 7.51. The average Bonchev–Trinajstić information content (AvgIpc) is 2.63. The molecule has 0 aromatic carbocycles. The smallest absolute Gasteiger partial charge is 0.408 e. The van der Waals surface area contributed by atoms with Gasteiger partial charge in [0.15, 0.2) is 6.10 Å². The third kappa shape index (κ3) is 6.66. The van der Waals surface area contributed by atoms with Gasteiger partial charge in [-0.15, -0.1) is 0 Å². The molecule has 1 saturated heterocycles. The summed E-state index contributed by atoms with van der Waals surface area (Å²) in [5, 5.41) is 4.51. The van der Waals surface area contributed by atoms with E-state index in [1.807, 2.05) is 13.8 Å². The summed E-state index contributed by atoms with van der Waals surface area (Å²) in [5.74, 6) is -1.81. The topological polar surface area (TPSA) is 111 Å². The molecule has 0 aliphatic carbocycles. The Hall–Kier alpha value is -2.12. The maximum Gasteiger partial charge on any atom is 0.408 e. The molecule has 1 unspecified atom stereocenters. The predicted octanol–water partition coefficient (Wildman–Crippen LogP) is 0.884. The number of hydrogen-bond donors (Lipinski definition) is 2. The van der Waals surface area contributed by atoms with Crippen LogP contribution in [0.1, 0.15) is 47.5 Å². The summed E-state index contributed by atoms with van der Waals surface area (Å²) in [6.07, 6.45) is -1.77. The fourth-order valence-electron chi connectivity index (χ4n) is 1.98. The summed E-state index contributed by atoms with van der Waals surface area (Å²) in [6, 6.07) is -0.951. The Morgan fingerprint density at radius 2 is 1.91 bits per heavy atom. The van der Waals surface area contributed by atoms with E-state index in [0.717, 1.165) is 0 Å². The number of imide groups is 1. The number of amides is 3. The van der Waals surface area contributed by atoms with Crippen LogP contribution in [0.4, 0.5) is 4.79 Å². The first kappa shape index (κ1) is 18.9. The van der Waals surface area contributed by atoms with Gasteiger partial charge in [0.1, 0.15) is 11.6 Å². The molecule has 1 aliphatic rings. The first-order chi connectivity index (χ1) is 10.5. The van der Waals surface area contributed by atoms with Crippen molar-refractivity contribution in [2.24, 2.45) is 5.92 Å². The minimum Gasteiger partial charge on any atom is -0.450 e. The summed E-state index contributed by atoms with van der Waals surface area (Å²) in [6.45, 7) is 8.87. The van der Waals surface area contributed by atoms with Crippen LogP contribution in [0, 0.1) is 5.92 Å². The molecule has 1 aliphatic heterocycles. The van der Waals surface area contributed by atoms with Crippen LogP contribution in [0.15, 0.2) is 0 Å². The van der Waals surface area contributed by atoms with Crippen LogP contribution in [0.3, 0.4) is 0 Å². The van der Waals surface area contributed by atoms with Gasteiger partial charge in [-0.05, 0) is 33.1 Å². The van der Waals surface area contributed by atoms with Crippen LogP contribution in [0.5, 0.6) is 0 Å². The molecule has 23 heavy (non-hydrogen) atoms. The van der Waals surface area contributed by atoms with Crippen molar-refractivity contribution in [2.75, 3.05) is 0 Å². The summed E-state index contributed by atoms with van der Waals surface area (Å²) < 4.78 is 10.2. The van der Waals surface area contributed by atoms with Crippen LogP contribution in [-0.2, 0) is 23.9 Å². The van der Waals surface area contributed by atoms with Crippen LogP contribution in [-0.4, -0.2) is 41.6 Å². The van der Waals surface area contributed by atoms with Crippen LogP contribution in [0.2, 0.25) is 0 Å². The van der Waals surface area contributed by atoms with Crippen molar-refractivity contribution in [1.82, 2.24) is 10.6 Å². The van der Waals surface area contributed by atoms with E-state index in [9.17, 15) is 19.2 Å². The van der Waals surface area contributed by atoms with Gasteiger partial charge in [0.2, 0.25) is 5.91 Å². The van der Waals surface area contributed by atoms with Gasteiger partial charge in [-0.3, -0.25) is 14.9 Å². The number of rotatable bonds is 5. The highest BCUT2D eigenvalue weighted by Gasteiger charge is 2.36. The summed E-state index contributed by atoms with van der Waals surface area (Å²) in [4.78, 5) is 46.6. The lowest BCUT2D eigenvalue weighted by Crippen LogP contribution is -2.46. The lowest BCUT2D eigenvalue weighted by Gasteiger charge is -2.24. The zero-order valence-corrected chi connectivity index (χ0v) is 14.1. The summed E-state index contributed by atoms with van der Waals surface area (Å²) in [5.41, 5.74) is -0.700. The fraction of sp³-hybridized carbons (Fsp3) is 0.733. The molecule has 3 amide bonds. The molecule has 0 radical (unpaired) electrons. The van der Waals surface area contributed by atoms with E-state index in [2.05, 4.69) is 10.6 Å². The number of hydrogen-bond acceptors (Lipinski definition) is 6. The van der Waals surface area contributed by atoms with Crippen LogP contribution in [0.25, 0.3) is 0 Å². The molecule has 2 N–H and O–H groups in total. The monoisotopic (exact) mass is 328 g/mol. The number of ether oxygens (including phenoxy) is 2. The Labute approximate surface area is 135 Å². The van der Waals surface area contributed by atoms with Gasteiger partial charge in [-0.2, -0.15) is 0 Å². The van der Waals surface area contributed by atoms with Gasteiger partial charge in [-0.1, -0.05) is 13.8 Å². The minimum atomic E-state index is -1.15. The number of alkyl carbamates (subject to hydrolysis) is 1. The van der Waals surface area contributed by atoms with Gasteiger partial charge >= 0.3 is 12.1 Å². The van der Waals surface area contributed by atoms with Gasteiger partial charge < -0.3 is 14.8 Å². The minimum absolute atomic E-state index is 0.0986. The SMILES string of the molecule is CC(C)C[C@H](NC(=O)OC(C)(C)C)C(=O)OC1CC(=O)NC1=O. The highest BCUT2D eigenvalue weighted by Crippen LogP contribution is 2.13. The Kier molecular flexibility index (Phi) is 6.12. The summed E-state index contributed by atoms with van der Waals surface area (Å²) in [7, 11) is 0. The number of nitrogens with one attached hydrogen (secondary N) is 2. The molecule has 1 rings (SSSR count). The Balaban J connectivity index is 2.69. The molecule has 2 atom stereocenters. The van der Waals surface area contributed by atoms with E-state index in [1.54, 1.807) is 20.8 Å². The number of carbonyl (C=O) groups is 4. The van der Waals surface area contributed by atoms with Crippen molar-refractivity contribution in [1.29, 1.82) is 0 Å². The molecule has 8 nitrogen and oxygen atoms in total. The van der Waals surface area contributed by atoms with Crippen molar-refractivity contribution >= 4 is 23.9 Å². The molecule has 1 heterocycles. The maximum atomic E-state index is 12.2. The molecular weight excluding hydrogens is 304 g/mol. The fourth-order valence-corrected chi connectivity index (χ4v) is 1.98. The van der Waals surface area contributed by atoms with E-state index >= 15 is 0 Å². The standard InChI is InChI=1S/C15H24N2O6/c1-8(2)6-9(16-14(21)23-15(3,4)5)13(20)22-10-7-11(18)17-12(10)19/h8-10H,6-7H2,1-5H3,(H,16,21)(H,17,18,19)/t9-,10?/m0/s1. The second-order valence-electron chi connectivity index (χ2n) is 6.87. The Morgan fingerprint density at radius 3 is 2.35 bits per heavy atom. The Morgan fingerprint density at radius 1 is 1.30 bits per heavy atom. The lowest BCUT2D eigenvalue weighted by molar-refractivity contribution is -0.156.